The molecule has 1 aliphatic carbocycles. The number of pyridine rings is 1. The van der Waals surface area contributed by atoms with E-state index in [-0.39, 0.29) is 18.2 Å². The van der Waals surface area contributed by atoms with Gasteiger partial charge in [-0.2, -0.15) is 0 Å². The molecule has 1 saturated heterocycles. The summed E-state index contributed by atoms with van der Waals surface area (Å²) in [6.07, 6.45) is 6.27. The van der Waals surface area contributed by atoms with Gasteiger partial charge in [0.05, 0.1) is 18.8 Å². The van der Waals surface area contributed by atoms with Crippen molar-refractivity contribution in [3.63, 3.8) is 0 Å². The highest BCUT2D eigenvalue weighted by atomic mass is 32.1. The zero-order valence-corrected chi connectivity index (χ0v) is 14.0. The molecule has 2 aromatic rings. The monoisotopic (exact) mass is 345 g/mol. The van der Waals surface area contributed by atoms with Crippen LogP contribution in [0.1, 0.15) is 25.7 Å². The largest absolute Gasteiger partial charge is 0.374 e. The van der Waals surface area contributed by atoms with E-state index in [1.165, 1.54) is 17.8 Å². The number of anilines is 1. The van der Waals surface area contributed by atoms with E-state index in [1.54, 1.807) is 6.20 Å². The zero-order chi connectivity index (χ0) is 16.4. The van der Waals surface area contributed by atoms with Crippen LogP contribution in [0.25, 0.3) is 10.7 Å². The number of rotatable bonds is 2. The second kappa shape index (κ2) is 6.82. The minimum Gasteiger partial charge on any atom is -0.374 e. The zero-order valence-electron chi connectivity index (χ0n) is 13.2. The smallest absolute Gasteiger partial charge is 0.324 e. The summed E-state index contributed by atoms with van der Waals surface area (Å²) in [7, 11) is 0. The topological polar surface area (TPSA) is 80.2 Å². The molecule has 2 fully saturated rings. The van der Waals surface area contributed by atoms with Crippen LogP contribution in [0.5, 0.6) is 0 Å². The van der Waals surface area contributed by atoms with Gasteiger partial charge in [-0.15, -0.1) is 10.2 Å². The van der Waals surface area contributed by atoms with Crippen molar-refractivity contribution in [1.29, 1.82) is 0 Å². The molecular formula is C16H19N5O2S. The molecule has 2 atom stereocenters. The summed E-state index contributed by atoms with van der Waals surface area (Å²) >= 11 is 1.33. The molecule has 8 heteroatoms. The molecule has 0 radical (unpaired) electrons. The number of nitrogens with one attached hydrogen (secondary N) is 1. The number of carbonyl (C=O) groups is 1. The SMILES string of the molecule is O=C(Nc1nnc(-c2ccccn2)s1)N1CCO[C@H]2CCCC[C@@H]21. The van der Waals surface area contributed by atoms with Crippen molar-refractivity contribution in [2.75, 3.05) is 18.5 Å². The summed E-state index contributed by atoms with van der Waals surface area (Å²) in [4.78, 5) is 18.8. The van der Waals surface area contributed by atoms with Crippen molar-refractivity contribution in [1.82, 2.24) is 20.1 Å². The number of aromatic nitrogens is 3. The molecule has 0 aromatic carbocycles. The third-order valence-corrected chi connectivity index (χ3v) is 5.38. The highest BCUT2D eigenvalue weighted by Crippen LogP contribution is 2.30. The van der Waals surface area contributed by atoms with Crippen LogP contribution >= 0.6 is 11.3 Å². The molecule has 4 rings (SSSR count). The molecule has 126 valence electrons. The third-order valence-electron chi connectivity index (χ3n) is 4.52. The molecule has 24 heavy (non-hydrogen) atoms. The Morgan fingerprint density at radius 2 is 2.21 bits per heavy atom. The maximum Gasteiger partial charge on any atom is 0.324 e. The van der Waals surface area contributed by atoms with Gasteiger partial charge in [0.25, 0.3) is 0 Å². The lowest BCUT2D eigenvalue weighted by molar-refractivity contribution is -0.0694. The standard InChI is InChI=1S/C16H19N5O2S/c22-16(21-9-10-23-13-7-2-1-6-12(13)21)18-15-20-19-14(24-15)11-5-3-4-8-17-11/h3-5,8,12-13H,1-2,6-7,9-10H2,(H,18,20,22)/t12-,13-/m0/s1. The maximum atomic E-state index is 12.7. The quantitative estimate of drug-likeness (QED) is 0.905. The predicted octanol–water partition coefficient (Wildman–Crippen LogP) is 2.78. The number of urea groups is 1. The highest BCUT2D eigenvalue weighted by molar-refractivity contribution is 7.18. The van der Waals surface area contributed by atoms with Crippen molar-refractivity contribution in [3.8, 4) is 10.7 Å². The molecule has 0 unspecified atom stereocenters. The van der Waals surface area contributed by atoms with E-state index >= 15 is 0 Å². The second-order valence-electron chi connectivity index (χ2n) is 6.01. The number of morpholine rings is 1. The number of ether oxygens (including phenoxy) is 1. The van der Waals surface area contributed by atoms with Gasteiger partial charge in [0, 0.05) is 12.7 Å². The Morgan fingerprint density at radius 1 is 1.29 bits per heavy atom. The van der Waals surface area contributed by atoms with Crippen molar-refractivity contribution < 1.29 is 9.53 Å². The van der Waals surface area contributed by atoms with Gasteiger partial charge >= 0.3 is 6.03 Å². The molecule has 1 aliphatic heterocycles. The van der Waals surface area contributed by atoms with Crippen LogP contribution < -0.4 is 5.32 Å². The van der Waals surface area contributed by atoms with Crippen LogP contribution in [-0.4, -0.2) is 51.4 Å². The van der Waals surface area contributed by atoms with Gasteiger partial charge in [-0.3, -0.25) is 10.3 Å². The molecular weight excluding hydrogens is 326 g/mol. The number of carbonyl (C=O) groups excluding carboxylic acids is 1. The van der Waals surface area contributed by atoms with E-state index in [4.69, 9.17) is 4.74 Å². The van der Waals surface area contributed by atoms with E-state index in [9.17, 15) is 4.79 Å². The van der Waals surface area contributed by atoms with Gasteiger partial charge in [0.1, 0.15) is 5.69 Å². The molecule has 7 nitrogen and oxygen atoms in total. The normalized spacial score (nSPS) is 23.6. The fourth-order valence-corrected chi connectivity index (χ4v) is 4.09. The Kier molecular flexibility index (Phi) is 4.40. The minimum atomic E-state index is -0.112. The second-order valence-corrected chi connectivity index (χ2v) is 6.99. The average Bonchev–Trinajstić information content (AvgIpc) is 3.10. The lowest BCUT2D eigenvalue weighted by Gasteiger charge is -2.43. The summed E-state index contributed by atoms with van der Waals surface area (Å²) < 4.78 is 5.82. The molecule has 3 heterocycles. The maximum absolute atomic E-state index is 12.7. The summed E-state index contributed by atoms with van der Waals surface area (Å²) in [5, 5.41) is 12.3. The lowest BCUT2D eigenvalue weighted by atomic mass is 9.90. The summed E-state index contributed by atoms with van der Waals surface area (Å²) in [5.74, 6) is 0. The van der Waals surface area contributed by atoms with Crippen molar-refractivity contribution in [2.45, 2.75) is 37.8 Å². The van der Waals surface area contributed by atoms with E-state index in [0.717, 1.165) is 25.0 Å². The molecule has 0 spiro atoms. The van der Waals surface area contributed by atoms with Gasteiger partial charge in [-0.25, -0.2) is 4.79 Å². The summed E-state index contributed by atoms with van der Waals surface area (Å²) in [6, 6.07) is 5.70. The first-order valence-electron chi connectivity index (χ1n) is 8.25. The van der Waals surface area contributed by atoms with Crippen LogP contribution in [0.4, 0.5) is 9.93 Å². The van der Waals surface area contributed by atoms with E-state index in [2.05, 4.69) is 20.5 Å². The van der Waals surface area contributed by atoms with Crippen LogP contribution in [0.3, 0.4) is 0 Å². The van der Waals surface area contributed by atoms with E-state index in [1.807, 2.05) is 23.1 Å². The molecule has 1 saturated carbocycles. The third kappa shape index (κ3) is 3.11. The first-order chi connectivity index (χ1) is 11.8. The van der Waals surface area contributed by atoms with Gasteiger partial charge in [-0.05, 0) is 25.0 Å². The molecule has 2 aliphatic rings. The first kappa shape index (κ1) is 15.5. The molecule has 0 bridgehead atoms. The first-order valence-corrected chi connectivity index (χ1v) is 9.07. The molecule has 2 amide bonds. The Labute approximate surface area is 144 Å². The fraction of sp³-hybridized carbons (Fsp3) is 0.500. The Bertz CT molecular complexity index is 706. The summed E-state index contributed by atoms with van der Waals surface area (Å²) in [6.45, 7) is 1.22. The van der Waals surface area contributed by atoms with Crippen LogP contribution in [0.15, 0.2) is 24.4 Å². The van der Waals surface area contributed by atoms with Crippen LogP contribution in [0, 0.1) is 0 Å². The Morgan fingerprint density at radius 3 is 3.08 bits per heavy atom. The predicted molar refractivity (Wildman–Crippen MR) is 90.9 cm³/mol. The summed E-state index contributed by atoms with van der Waals surface area (Å²) in [5.41, 5.74) is 0.759. The number of nitrogens with zero attached hydrogens (tertiary/aromatic N) is 4. The molecule has 1 N–H and O–H groups in total. The average molecular weight is 345 g/mol. The number of amides is 2. The Hall–Kier alpha value is -2.06. The number of hydrogen-bond acceptors (Lipinski definition) is 6. The van der Waals surface area contributed by atoms with E-state index < -0.39 is 0 Å². The minimum absolute atomic E-state index is 0.112. The van der Waals surface area contributed by atoms with Gasteiger partial charge < -0.3 is 9.64 Å². The van der Waals surface area contributed by atoms with Crippen LogP contribution in [0.2, 0.25) is 0 Å². The van der Waals surface area contributed by atoms with Crippen molar-refractivity contribution in [2.24, 2.45) is 0 Å². The van der Waals surface area contributed by atoms with Crippen molar-refractivity contribution in [3.05, 3.63) is 24.4 Å². The fourth-order valence-electron chi connectivity index (χ4n) is 3.38. The highest BCUT2D eigenvalue weighted by Gasteiger charge is 2.36. The lowest BCUT2D eigenvalue weighted by Crippen LogP contribution is -2.55. The number of fused-ring (bicyclic) bond motifs is 1. The van der Waals surface area contributed by atoms with Gasteiger partial charge in [0.15, 0.2) is 5.01 Å². The van der Waals surface area contributed by atoms with Gasteiger partial charge in [-0.1, -0.05) is 30.2 Å². The van der Waals surface area contributed by atoms with E-state index in [0.29, 0.717) is 23.3 Å². The molecule has 2 aromatic heterocycles. The number of hydrogen-bond donors (Lipinski definition) is 1. The Balaban J connectivity index is 1.45. The van der Waals surface area contributed by atoms with Gasteiger partial charge in [0.2, 0.25) is 5.13 Å². The van der Waals surface area contributed by atoms with Crippen molar-refractivity contribution >= 4 is 22.5 Å². The van der Waals surface area contributed by atoms with Crippen LogP contribution in [-0.2, 0) is 4.74 Å².